The lowest BCUT2D eigenvalue weighted by Gasteiger charge is -2.31. The molecule has 2 fully saturated rings. The molecule has 4 heteroatoms. The summed E-state index contributed by atoms with van der Waals surface area (Å²) in [6, 6.07) is 0. The standard InChI is InChI=1S/C11H17ClO3/c1-7-4-5-8(2)10(6-7)11(12,15-10)9(13)14-3/h7-8H,4-6H2,1-3H3. The molecular weight excluding hydrogens is 216 g/mol. The highest BCUT2D eigenvalue weighted by molar-refractivity contribution is 6.36. The summed E-state index contributed by atoms with van der Waals surface area (Å²) in [6.45, 7) is 4.27. The number of epoxide rings is 1. The average Bonchev–Trinajstić information content (AvgIpc) is 2.79. The molecule has 86 valence electrons. The van der Waals surface area contributed by atoms with Crippen LogP contribution in [0, 0.1) is 11.8 Å². The van der Waals surface area contributed by atoms with Gasteiger partial charge in [-0.1, -0.05) is 31.9 Å². The number of alkyl halides is 1. The number of hydrogen-bond donors (Lipinski definition) is 0. The lowest BCUT2D eigenvalue weighted by molar-refractivity contribution is -0.143. The van der Waals surface area contributed by atoms with Crippen LogP contribution in [0.2, 0.25) is 0 Å². The van der Waals surface area contributed by atoms with E-state index in [1.54, 1.807) is 0 Å². The molecule has 1 aliphatic carbocycles. The van der Waals surface area contributed by atoms with Crippen molar-refractivity contribution in [3.8, 4) is 0 Å². The van der Waals surface area contributed by atoms with Crippen molar-refractivity contribution in [2.75, 3.05) is 7.11 Å². The van der Waals surface area contributed by atoms with Crippen molar-refractivity contribution in [2.45, 2.75) is 43.8 Å². The molecule has 4 atom stereocenters. The Morgan fingerprint density at radius 3 is 2.73 bits per heavy atom. The summed E-state index contributed by atoms with van der Waals surface area (Å²) >= 11 is 6.19. The fraction of sp³-hybridized carbons (Fsp3) is 0.909. The quantitative estimate of drug-likeness (QED) is 0.396. The van der Waals surface area contributed by atoms with E-state index in [9.17, 15) is 4.79 Å². The van der Waals surface area contributed by atoms with Gasteiger partial charge in [0.1, 0.15) is 5.60 Å². The fourth-order valence-electron chi connectivity index (χ4n) is 2.75. The molecule has 1 spiro atoms. The molecular formula is C11H17ClO3. The first-order chi connectivity index (χ1) is 6.96. The fourth-order valence-corrected chi connectivity index (χ4v) is 3.23. The Kier molecular flexibility index (Phi) is 2.51. The van der Waals surface area contributed by atoms with Gasteiger partial charge < -0.3 is 9.47 Å². The van der Waals surface area contributed by atoms with E-state index in [1.165, 1.54) is 13.5 Å². The molecule has 0 radical (unpaired) electrons. The van der Waals surface area contributed by atoms with Crippen molar-refractivity contribution in [1.82, 2.24) is 0 Å². The number of ether oxygens (including phenoxy) is 2. The van der Waals surface area contributed by atoms with Gasteiger partial charge in [0.15, 0.2) is 0 Å². The van der Waals surface area contributed by atoms with Crippen LogP contribution < -0.4 is 0 Å². The van der Waals surface area contributed by atoms with Crippen molar-refractivity contribution in [3.05, 3.63) is 0 Å². The van der Waals surface area contributed by atoms with Crippen molar-refractivity contribution >= 4 is 17.6 Å². The summed E-state index contributed by atoms with van der Waals surface area (Å²) in [5.41, 5.74) is -0.473. The lowest BCUT2D eigenvalue weighted by Crippen LogP contribution is -2.39. The predicted molar refractivity (Wildman–Crippen MR) is 56.6 cm³/mol. The van der Waals surface area contributed by atoms with Crippen molar-refractivity contribution in [1.29, 1.82) is 0 Å². The predicted octanol–water partition coefficient (Wildman–Crippen LogP) is 2.32. The molecule has 15 heavy (non-hydrogen) atoms. The lowest BCUT2D eigenvalue weighted by atomic mass is 9.73. The Labute approximate surface area is 95.1 Å². The van der Waals surface area contributed by atoms with Crippen molar-refractivity contribution in [2.24, 2.45) is 11.8 Å². The molecule has 0 amide bonds. The van der Waals surface area contributed by atoms with Gasteiger partial charge in [-0.3, -0.25) is 0 Å². The zero-order valence-electron chi connectivity index (χ0n) is 9.38. The summed E-state index contributed by atoms with van der Waals surface area (Å²) in [7, 11) is 1.35. The van der Waals surface area contributed by atoms with Crippen LogP contribution in [0.5, 0.6) is 0 Å². The Morgan fingerprint density at radius 2 is 2.13 bits per heavy atom. The molecule has 1 aliphatic heterocycles. The Morgan fingerprint density at radius 1 is 1.47 bits per heavy atom. The second-order valence-corrected chi connectivity index (χ2v) is 5.40. The Balaban J connectivity index is 2.19. The summed E-state index contributed by atoms with van der Waals surface area (Å²) < 4.78 is 10.3. The van der Waals surface area contributed by atoms with E-state index in [0.717, 1.165) is 12.8 Å². The number of methoxy groups -OCH3 is 1. The Bertz CT molecular complexity index is 294. The highest BCUT2D eigenvalue weighted by Crippen LogP contribution is 2.62. The molecule has 0 N–H and O–H groups in total. The third-order valence-corrected chi connectivity index (χ3v) is 4.36. The van der Waals surface area contributed by atoms with E-state index in [2.05, 4.69) is 13.8 Å². The molecule has 4 unspecified atom stereocenters. The maximum absolute atomic E-state index is 11.5. The molecule has 2 aliphatic rings. The van der Waals surface area contributed by atoms with Crippen LogP contribution in [0.3, 0.4) is 0 Å². The van der Waals surface area contributed by atoms with E-state index < -0.39 is 16.6 Å². The molecule has 0 aromatic carbocycles. The number of carbonyl (C=O) groups is 1. The molecule has 2 rings (SSSR count). The van der Waals surface area contributed by atoms with Crippen LogP contribution in [0.1, 0.15) is 33.1 Å². The van der Waals surface area contributed by atoms with Crippen LogP contribution in [-0.4, -0.2) is 23.7 Å². The first-order valence-electron chi connectivity index (χ1n) is 5.44. The van der Waals surface area contributed by atoms with Crippen LogP contribution in [0.15, 0.2) is 0 Å². The van der Waals surface area contributed by atoms with E-state index >= 15 is 0 Å². The van der Waals surface area contributed by atoms with Gasteiger partial charge in [0.05, 0.1) is 7.11 Å². The number of carbonyl (C=O) groups excluding carboxylic acids is 1. The molecule has 1 heterocycles. The van der Waals surface area contributed by atoms with E-state index in [1.807, 2.05) is 0 Å². The summed E-state index contributed by atoms with van der Waals surface area (Å²) in [5, 5.41) is -1.21. The van der Waals surface area contributed by atoms with Gasteiger partial charge in [-0.15, -0.1) is 0 Å². The molecule has 3 nitrogen and oxygen atoms in total. The molecule has 1 saturated carbocycles. The molecule has 0 aromatic heterocycles. The summed E-state index contributed by atoms with van der Waals surface area (Å²) in [6.07, 6.45) is 3.10. The highest BCUT2D eigenvalue weighted by atomic mass is 35.5. The second-order valence-electron chi connectivity index (χ2n) is 4.87. The van der Waals surface area contributed by atoms with Gasteiger partial charge in [0.25, 0.3) is 5.06 Å². The van der Waals surface area contributed by atoms with Gasteiger partial charge >= 0.3 is 5.97 Å². The van der Waals surface area contributed by atoms with Crippen LogP contribution in [0.4, 0.5) is 0 Å². The van der Waals surface area contributed by atoms with Gasteiger partial charge in [-0.2, -0.15) is 0 Å². The zero-order valence-corrected chi connectivity index (χ0v) is 10.1. The molecule has 1 saturated heterocycles. The smallest absolute Gasteiger partial charge is 0.357 e. The third kappa shape index (κ3) is 1.40. The molecule has 0 aromatic rings. The van der Waals surface area contributed by atoms with Gasteiger partial charge in [-0.05, 0) is 24.7 Å². The van der Waals surface area contributed by atoms with E-state index in [4.69, 9.17) is 21.1 Å². The maximum Gasteiger partial charge on any atom is 0.357 e. The van der Waals surface area contributed by atoms with Crippen molar-refractivity contribution in [3.63, 3.8) is 0 Å². The average molecular weight is 233 g/mol. The largest absolute Gasteiger partial charge is 0.466 e. The normalized spacial score (nSPS) is 49.1. The topological polar surface area (TPSA) is 38.8 Å². The number of esters is 1. The van der Waals surface area contributed by atoms with Crippen LogP contribution in [-0.2, 0) is 14.3 Å². The number of rotatable bonds is 1. The highest BCUT2D eigenvalue weighted by Gasteiger charge is 2.77. The summed E-state index contributed by atoms with van der Waals surface area (Å²) in [5.74, 6) is 0.432. The van der Waals surface area contributed by atoms with E-state index in [0.29, 0.717) is 11.8 Å². The third-order valence-electron chi connectivity index (χ3n) is 3.81. The SMILES string of the molecule is COC(=O)C1(Cl)OC12CC(C)CCC2C. The monoisotopic (exact) mass is 232 g/mol. The van der Waals surface area contributed by atoms with Gasteiger partial charge in [-0.25, -0.2) is 4.79 Å². The second kappa shape index (κ2) is 3.36. The number of hydrogen-bond acceptors (Lipinski definition) is 3. The summed E-state index contributed by atoms with van der Waals surface area (Å²) in [4.78, 5) is 11.5. The number of halogens is 1. The Hall–Kier alpha value is -0.280. The van der Waals surface area contributed by atoms with Gasteiger partial charge in [0, 0.05) is 0 Å². The van der Waals surface area contributed by atoms with E-state index in [-0.39, 0.29) is 0 Å². The first-order valence-corrected chi connectivity index (χ1v) is 5.81. The van der Waals surface area contributed by atoms with Crippen LogP contribution in [0.25, 0.3) is 0 Å². The zero-order chi connectivity index (χ0) is 11.3. The maximum atomic E-state index is 11.5. The van der Waals surface area contributed by atoms with Crippen LogP contribution >= 0.6 is 11.6 Å². The first kappa shape index (κ1) is 11.2. The minimum atomic E-state index is -1.21. The minimum Gasteiger partial charge on any atom is -0.466 e. The van der Waals surface area contributed by atoms with Gasteiger partial charge in [0.2, 0.25) is 0 Å². The minimum absolute atomic E-state index is 0.324. The van der Waals surface area contributed by atoms with Crippen molar-refractivity contribution < 1.29 is 14.3 Å². The molecule has 0 bridgehead atoms.